The lowest BCUT2D eigenvalue weighted by molar-refractivity contribution is -0.143. The fourth-order valence-corrected chi connectivity index (χ4v) is 3.36. The SMILES string of the molecule is CCOC(=O)CC1CCCc2c1[nH]c1ccc(C(F)(F)F)cc21. The van der Waals surface area contributed by atoms with Gasteiger partial charge in [-0.2, -0.15) is 13.2 Å². The van der Waals surface area contributed by atoms with Crippen LogP contribution in [0.25, 0.3) is 10.9 Å². The van der Waals surface area contributed by atoms with Crippen LogP contribution < -0.4 is 0 Å². The lowest BCUT2D eigenvalue weighted by atomic mass is 9.85. The van der Waals surface area contributed by atoms with Crippen molar-refractivity contribution in [3.05, 3.63) is 35.0 Å². The van der Waals surface area contributed by atoms with Crippen LogP contribution in [0.1, 0.15) is 48.9 Å². The zero-order chi connectivity index (χ0) is 16.6. The molecule has 1 unspecified atom stereocenters. The number of nitrogens with one attached hydrogen (secondary N) is 1. The third-order valence-corrected chi connectivity index (χ3v) is 4.37. The Morgan fingerprint density at radius 2 is 2.17 bits per heavy atom. The van der Waals surface area contributed by atoms with Crippen LogP contribution in [-0.4, -0.2) is 17.6 Å². The van der Waals surface area contributed by atoms with Gasteiger partial charge in [0.2, 0.25) is 0 Å². The van der Waals surface area contributed by atoms with Gasteiger partial charge >= 0.3 is 12.1 Å². The van der Waals surface area contributed by atoms with Gasteiger partial charge in [0.25, 0.3) is 0 Å². The van der Waals surface area contributed by atoms with E-state index in [1.807, 2.05) is 0 Å². The lowest BCUT2D eigenvalue weighted by Gasteiger charge is -2.21. The highest BCUT2D eigenvalue weighted by atomic mass is 19.4. The van der Waals surface area contributed by atoms with E-state index in [1.165, 1.54) is 12.1 Å². The number of aromatic amines is 1. The Balaban J connectivity index is 1.99. The number of aryl methyl sites for hydroxylation is 1. The van der Waals surface area contributed by atoms with Crippen molar-refractivity contribution in [3.8, 4) is 0 Å². The molecule has 0 fully saturated rings. The number of carbonyl (C=O) groups is 1. The summed E-state index contributed by atoms with van der Waals surface area (Å²) in [7, 11) is 0. The number of rotatable bonds is 3. The maximum absolute atomic E-state index is 12.9. The van der Waals surface area contributed by atoms with Gasteiger partial charge in [-0.15, -0.1) is 0 Å². The monoisotopic (exact) mass is 325 g/mol. The van der Waals surface area contributed by atoms with Crippen LogP contribution in [0, 0.1) is 0 Å². The first kappa shape index (κ1) is 15.9. The summed E-state index contributed by atoms with van der Waals surface area (Å²) in [6.07, 6.45) is -1.65. The molecule has 3 nitrogen and oxygen atoms in total. The molecule has 2 aromatic rings. The maximum Gasteiger partial charge on any atom is 0.416 e. The van der Waals surface area contributed by atoms with Crippen molar-refractivity contribution in [1.29, 1.82) is 0 Å². The number of aromatic nitrogens is 1. The van der Waals surface area contributed by atoms with E-state index >= 15 is 0 Å². The number of benzene rings is 1. The van der Waals surface area contributed by atoms with Gasteiger partial charge in [-0.3, -0.25) is 4.79 Å². The summed E-state index contributed by atoms with van der Waals surface area (Å²) in [6, 6.07) is 3.76. The molecule has 1 aliphatic rings. The van der Waals surface area contributed by atoms with Crippen LogP contribution >= 0.6 is 0 Å². The van der Waals surface area contributed by atoms with E-state index in [1.54, 1.807) is 6.92 Å². The van der Waals surface area contributed by atoms with Gasteiger partial charge in [-0.1, -0.05) is 0 Å². The van der Waals surface area contributed by atoms with Crippen LogP contribution in [0.5, 0.6) is 0 Å². The number of ether oxygens (including phenoxy) is 1. The summed E-state index contributed by atoms with van der Waals surface area (Å²) in [5.41, 5.74) is 1.85. The number of halogens is 3. The number of alkyl halides is 3. The molecule has 6 heteroatoms. The van der Waals surface area contributed by atoms with Crippen molar-refractivity contribution < 1.29 is 22.7 Å². The van der Waals surface area contributed by atoms with Crippen LogP contribution in [0.2, 0.25) is 0 Å². The number of esters is 1. The van der Waals surface area contributed by atoms with Gasteiger partial charge in [0, 0.05) is 22.5 Å². The topological polar surface area (TPSA) is 42.1 Å². The van der Waals surface area contributed by atoms with E-state index in [-0.39, 0.29) is 18.3 Å². The van der Waals surface area contributed by atoms with Gasteiger partial charge < -0.3 is 9.72 Å². The highest BCUT2D eigenvalue weighted by molar-refractivity contribution is 5.86. The molecule has 0 amide bonds. The average Bonchev–Trinajstić information content (AvgIpc) is 2.85. The van der Waals surface area contributed by atoms with Gasteiger partial charge in [0.15, 0.2) is 0 Å². The quantitative estimate of drug-likeness (QED) is 0.841. The van der Waals surface area contributed by atoms with E-state index in [0.29, 0.717) is 17.5 Å². The summed E-state index contributed by atoms with van der Waals surface area (Å²) >= 11 is 0. The molecule has 1 aliphatic carbocycles. The zero-order valence-electron chi connectivity index (χ0n) is 12.8. The molecule has 0 aliphatic heterocycles. The molecule has 1 N–H and O–H groups in total. The molecule has 1 atom stereocenters. The first-order valence-electron chi connectivity index (χ1n) is 7.77. The fourth-order valence-electron chi connectivity index (χ4n) is 3.36. The fraction of sp³-hybridized carbons (Fsp3) is 0.471. The highest BCUT2D eigenvalue weighted by Crippen LogP contribution is 2.40. The van der Waals surface area contributed by atoms with Gasteiger partial charge in [0.05, 0.1) is 18.6 Å². The Hall–Kier alpha value is -1.98. The Bertz CT molecular complexity index is 733. The van der Waals surface area contributed by atoms with Crippen molar-refractivity contribution in [2.75, 3.05) is 6.61 Å². The number of hydrogen-bond acceptors (Lipinski definition) is 2. The Morgan fingerprint density at radius 1 is 1.39 bits per heavy atom. The third-order valence-electron chi connectivity index (χ3n) is 4.37. The van der Waals surface area contributed by atoms with Crippen molar-refractivity contribution in [1.82, 2.24) is 4.98 Å². The molecule has 1 heterocycles. The van der Waals surface area contributed by atoms with Crippen molar-refractivity contribution in [2.45, 2.75) is 44.7 Å². The van der Waals surface area contributed by atoms with Crippen molar-refractivity contribution >= 4 is 16.9 Å². The van der Waals surface area contributed by atoms with Gasteiger partial charge in [-0.25, -0.2) is 0 Å². The molecule has 0 radical (unpaired) electrons. The summed E-state index contributed by atoms with van der Waals surface area (Å²) < 4.78 is 43.7. The molecule has 1 aromatic carbocycles. The first-order valence-corrected chi connectivity index (χ1v) is 7.77. The average molecular weight is 325 g/mol. The molecule has 23 heavy (non-hydrogen) atoms. The van der Waals surface area contributed by atoms with Gasteiger partial charge in [-0.05, 0) is 49.9 Å². The summed E-state index contributed by atoms with van der Waals surface area (Å²) in [5.74, 6) is -0.278. The van der Waals surface area contributed by atoms with Crippen molar-refractivity contribution in [2.24, 2.45) is 0 Å². The third kappa shape index (κ3) is 3.07. The molecular formula is C17H18F3NO2. The minimum absolute atomic E-state index is 0.0143. The van der Waals surface area contributed by atoms with Crippen LogP contribution in [0.15, 0.2) is 18.2 Å². The molecule has 3 rings (SSSR count). The number of fused-ring (bicyclic) bond motifs is 3. The zero-order valence-corrected chi connectivity index (χ0v) is 12.8. The first-order chi connectivity index (χ1) is 10.9. The summed E-state index contributed by atoms with van der Waals surface area (Å²) in [4.78, 5) is 15.0. The van der Waals surface area contributed by atoms with E-state index in [9.17, 15) is 18.0 Å². The number of hydrogen-bond donors (Lipinski definition) is 1. The minimum Gasteiger partial charge on any atom is -0.466 e. The van der Waals surface area contributed by atoms with E-state index < -0.39 is 11.7 Å². The largest absolute Gasteiger partial charge is 0.466 e. The van der Waals surface area contributed by atoms with E-state index in [0.717, 1.165) is 36.6 Å². The molecule has 0 bridgehead atoms. The summed E-state index contributed by atoms with van der Waals surface area (Å²) in [5, 5.41) is 0.614. The maximum atomic E-state index is 12.9. The predicted molar refractivity (Wildman–Crippen MR) is 80.2 cm³/mol. The van der Waals surface area contributed by atoms with Crippen molar-refractivity contribution in [3.63, 3.8) is 0 Å². The Labute approximate surface area is 131 Å². The predicted octanol–water partition coefficient (Wildman–Crippen LogP) is 4.56. The molecule has 124 valence electrons. The van der Waals surface area contributed by atoms with Crippen LogP contribution in [0.3, 0.4) is 0 Å². The highest BCUT2D eigenvalue weighted by Gasteiger charge is 2.32. The van der Waals surface area contributed by atoms with Gasteiger partial charge in [0.1, 0.15) is 0 Å². The Kier molecular flexibility index (Phi) is 4.08. The van der Waals surface area contributed by atoms with Crippen LogP contribution in [-0.2, 0) is 22.1 Å². The molecule has 1 aromatic heterocycles. The molecule has 0 saturated carbocycles. The second-order valence-electron chi connectivity index (χ2n) is 5.87. The number of H-pyrrole nitrogens is 1. The number of carbonyl (C=O) groups excluding carboxylic acids is 1. The smallest absolute Gasteiger partial charge is 0.416 e. The molecule has 0 spiro atoms. The minimum atomic E-state index is -4.35. The van der Waals surface area contributed by atoms with E-state index in [4.69, 9.17) is 4.74 Å². The normalized spacial score (nSPS) is 18.0. The Morgan fingerprint density at radius 3 is 2.87 bits per heavy atom. The lowest BCUT2D eigenvalue weighted by Crippen LogP contribution is -2.15. The van der Waals surface area contributed by atoms with E-state index in [2.05, 4.69) is 4.98 Å². The second kappa shape index (κ2) is 5.91. The standard InChI is InChI=1S/C17H18F3NO2/c1-2-23-15(22)8-10-4-3-5-12-13-9-11(17(18,19)20)6-7-14(13)21-16(10)12/h6-7,9-10,21H,2-5,8H2,1H3. The molecular weight excluding hydrogens is 307 g/mol. The second-order valence-corrected chi connectivity index (χ2v) is 5.87. The summed E-state index contributed by atoms with van der Waals surface area (Å²) in [6.45, 7) is 2.09. The molecule has 0 saturated heterocycles. The van der Waals surface area contributed by atoms with Crippen LogP contribution in [0.4, 0.5) is 13.2 Å².